The maximum atomic E-state index is 10.9. The monoisotopic (exact) mass is 219 g/mol. The number of anilines is 1. The fourth-order valence-electron chi connectivity index (χ4n) is 1.98. The van der Waals surface area contributed by atoms with Gasteiger partial charge in [0.2, 0.25) is 0 Å². The molecule has 0 bridgehead atoms. The Balaban J connectivity index is 2.31. The SMILES string of the molecule is CC(C)(C)c1ccc2c(c1)CC(C(=O)O)N2. The molecule has 0 aromatic heterocycles. The summed E-state index contributed by atoms with van der Waals surface area (Å²) in [4.78, 5) is 10.9. The average Bonchev–Trinajstić information content (AvgIpc) is 2.58. The summed E-state index contributed by atoms with van der Waals surface area (Å²) < 4.78 is 0. The molecule has 0 saturated heterocycles. The second kappa shape index (κ2) is 3.51. The van der Waals surface area contributed by atoms with Crippen molar-refractivity contribution >= 4 is 11.7 Å². The number of nitrogens with one attached hydrogen (secondary N) is 1. The van der Waals surface area contributed by atoms with E-state index < -0.39 is 12.0 Å². The van der Waals surface area contributed by atoms with E-state index in [0.29, 0.717) is 6.42 Å². The smallest absolute Gasteiger partial charge is 0.326 e. The van der Waals surface area contributed by atoms with Crippen LogP contribution in [0, 0.1) is 0 Å². The molecule has 0 fully saturated rings. The molecule has 16 heavy (non-hydrogen) atoms. The van der Waals surface area contributed by atoms with Gasteiger partial charge in [0, 0.05) is 12.1 Å². The van der Waals surface area contributed by atoms with Crippen LogP contribution in [0.15, 0.2) is 18.2 Å². The van der Waals surface area contributed by atoms with E-state index in [0.717, 1.165) is 11.3 Å². The van der Waals surface area contributed by atoms with Crippen LogP contribution in [0.5, 0.6) is 0 Å². The molecule has 0 aliphatic carbocycles. The van der Waals surface area contributed by atoms with Crippen molar-refractivity contribution in [1.29, 1.82) is 0 Å². The third-order valence-corrected chi connectivity index (χ3v) is 3.02. The molecule has 0 spiro atoms. The van der Waals surface area contributed by atoms with Crippen LogP contribution in [-0.4, -0.2) is 17.1 Å². The quantitative estimate of drug-likeness (QED) is 0.762. The van der Waals surface area contributed by atoms with Crippen molar-refractivity contribution < 1.29 is 9.90 Å². The number of benzene rings is 1. The first kappa shape index (κ1) is 11.0. The Morgan fingerprint density at radius 1 is 1.44 bits per heavy atom. The highest BCUT2D eigenvalue weighted by Gasteiger charge is 2.27. The highest BCUT2D eigenvalue weighted by atomic mass is 16.4. The van der Waals surface area contributed by atoms with Gasteiger partial charge in [-0.25, -0.2) is 4.79 Å². The number of hydrogen-bond acceptors (Lipinski definition) is 2. The van der Waals surface area contributed by atoms with Crippen LogP contribution in [0.4, 0.5) is 5.69 Å². The Morgan fingerprint density at radius 2 is 2.12 bits per heavy atom. The number of fused-ring (bicyclic) bond motifs is 1. The lowest BCUT2D eigenvalue weighted by atomic mass is 9.86. The molecule has 0 radical (unpaired) electrons. The summed E-state index contributed by atoms with van der Waals surface area (Å²) in [6.07, 6.45) is 0.578. The second-order valence-corrected chi connectivity index (χ2v) is 5.36. The molecule has 1 aromatic carbocycles. The van der Waals surface area contributed by atoms with Crippen LogP contribution in [-0.2, 0) is 16.6 Å². The van der Waals surface area contributed by atoms with Gasteiger partial charge >= 0.3 is 5.97 Å². The minimum absolute atomic E-state index is 0.107. The van der Waals surface area contributed by atoms with Crippen molar-refractivity contribution in [1.82, 2.24) is 0 Å². The molecule has 2 N–H and O–H groups in total. The van der Waals surface area contributed by atoms with Crippen molar-refractivity contribution in [2.75, 3.05) is 5.32 Å². The molecule has 86 valence electrons. The van der Waals surface area contributed by atoms with E-state index in [1.54, 1.807) is 0 Å². The first-order chi connectivity index (χ1) is 7.38. The van der Waals surface area contributed by atoms with Crippen LogP contribution in [0.25, 0.3) is 0 Å². The van der Waals surface area contributed by atoms with E-state index >= 15 is 0 Å². The fraction of sp³-hybridized carbons (Fsp3) is 0.462. The predicted molar refractivity (Wildman–Crippen MR) is 63.9 cm³/mol. The van der Waals surface area contributed by atoms with Gasteiger partial charge in [0.25, 0.3) is 0 Å². The molecule has 1 heterocycles. The van der Waals surface area contributed by atoms with E-state index in [4.69, 9.17) is 5.11 Å². The zero-order valence-electron chi connectivity index (χ0n) is 9.87. The summed E-state index contributed by atoms with van der Waals surface area (Å²) in [5.74, 6) is -0.784. The molecular formula is C13H17NO2. The van der Waals surface area contributed by atoms with Gasteiger partial charge < -0.3 is 10.4 Å². The molecule has 3 heteroatoms. The molecular weight excluding hydrogens is 202 g/mol. The van der Waals surface area contributed by atoms with E-state index in [2.05, 4.69) is 38.2 Å². The lowest BCUT2D eigenvalue weighted by Gasteiger charge is -2.19. The van der Waals surface area contributed by atoms with Crippen LogP contribution in [0.3, 0.4) is 0 Å². The van der Waals surface area contributed by atoms with Crippen LogP contribution >= 0.6 is 0 Å². The normalized spacial score (nSPS) is 19.1. The minimum Gasteiger partial charge on any atom is -0.480 e. The Labute approximate surface area is 95.5 Å². The minimum atomic E-state index is -0.784. The van der Waals surface area contributed by atoms with Gasteiger partial charge in [-0.1, -0.05) is 32.9 Å². The van der Waals surface area contributed by atoms with Crippen molar-refractivity contribution in [3.05, 3.63) is 29.3 Å². The zero-order valence-corrected chi connectivity index (χ0v) is 9.87. The number of carboxylic acid groups (broad SMARTS) is 1. The van der Waals surface area contributed by atoms with E-state index in [1.807, 2.05) is 6.07 Å². The van der Waals surface area contributed by atoms with E-state index in [9.17, 15) is 4.79 Å². The molecule has 1 atom stereocenters. The van der Waals surface area contributed by atoms with E-state index in [-0.39, 0.29) is 5.41 Å². The van der Waals surface area contributed by atoms with Crippen molar-refractivity contribution in [2.45, 2.75) is 38.6 Å². The maximum Gasteiger partial charge on any atom is 0.326 e. The van der Waals surface area contributed by atoms with Gasteiger partial charge in [-0.05, 0) is 22.6 Å². The zero-order chi connectivity index (χ0) is 11.9. The first-order valence-electron chi connectivity index (χ1n) is 5.50. The van der Waals surface area contributed by atoms with Crippen molar-refractivity contribution in [3.8, 4) is 0 Å². The number of rotatable bonds is 1. The van der Waals surface area contributed by atoms with Crippen LogP contribution in [0.1, 0.15) is 31.9 Å². The highest BCUT2D eigenvalue weighted by Crippen LogP contribution is 2.31. The van der Waals surface area contributed by atoms with Gasteiger partial charge in [-0.15, -0.1) is 0 Å². The topological polar surface area (TPSA) is 49.3 Å². The molecule has 0 amide bonds. The Bertz CT molecular complexity index is 432. The van der Waals surface area contributed by atoms with Crippen molar-refractivity contribution in [3.63, 3.8) is 0 Å². The Hall–Kier alpha value is -1.51. The molecule has 3 nitrogen and oxygen atoms in total. The first-order valence-corrected chi connectivity index (χ1v) is 5.50. The summed E-state index contributed by atoms with van der Waals surface area (Å²) >= 11 is 0. The van der Waals surface area contributed by atoms with Gasteiger partial charge in [-0.2, -0.15) is 0 Å². The largest absolute Gasteiger partial charge is 0.480 e. The molecule has 1 unspecified atom stereocenters. The summed E-state index contributed by atoms with van der Waals surface area (Å²) in [6, 6.07) is 5.70. The van der Waals surface area contributed by atoms with Crippen LogP contribution < -0.4 is 5.32 Å². The maximum absolute atomic E-state index is 10.9. The Morgan fingerprint density at radius 3 is 2.69 bits per heavy atom. The van der Waals surface area contributed by atoms with E-state index in [1.165, 1.54) is 5.56 Å². The summed E-state index contributed by atoms with van der Waals surface area (Å²) in [6.45, 7) is 6.48. The third-order valence-electron chi connectivity index (χ3n) is 3.02. The van der Waals surface area contributed by atoms with Gasteiger partial charge in [-0.3, -0.25) is 0 Å². The fourth-order valence-corrected chi connectivity index (χ4v) is 1.98. The summed E-state index contributed by atoms with van der Waals surface area (Å²) in [7, 11) is 0. The molecule has 2 rings (SSSR count). The standard InChI is InChI=1S/C13H17NO2/c1-13(2,3)9-4-5-10-8(6-9)7-11(14-10)12(15)16/h4-6,11,14H,7H2,1-3H3,(H,15,16). The molecule has 1 aliphatic rings. The summed E-state index contributed by atoms with van der Waals surface area (Å²) in [5.41, 5.74) is 3.43. The number of carbonyl (C=O) groups is 1. The molecule has 1 aromatic rings. The van der Waals surface area contributed by atoms with Gasteiger partial charge in [0.15, 0.2) is 0 Å². The Kier molecular flexibility index (Phi) is 2.41. The number of carboxylic acids is 1. The number of aliphatic carboxylic acids is 1. The van der Waals surface area contributed by atoms with Gasteiger partial charge in [0.1, 0.15) is 6.04 Å². The van der Waals surface area contributed by atoms with Gasteiger partial charge in [0.05, 0.1) is 0 Å². The molecule has 0 saturated carbocycles. The number of hydrogen-bond donors (Lipinski definition) is 2. The average molecular weight is 219 g/mol. The lowest BCUT2D eigenvalue weighted by molar-refractivity contribution is -0.137. The molecule has 1 aliphatic heterocycles. The third kappa shape index (κ3) is 1.90. The van der Waals surface area contributed by atoms with Crippen LogP contribution in [0.2, 0.25) is 0 Å². The predicted octanol–water partition coefficient (Wildman–Crippen LogP) is 2.41. The highest BCUT2D eigenvalue weighted by molar-refractivity contribution is 5.81. The lowest BCUT2D eigenvalue weighted by Crippen LogP contribution is -2.26. The summed E-state index contributed by atoms with van der Waals surface area (Å²) in [5, 5.41) is 12.0. The van der Waals surface area contributed by atoms with Crippen molar-refractivity contribution in [2.24, 2.45) is 0 Å². The second-order valence-electron chi connectivity index (χ2n) is 5.36.